The third-order valence-electron chi connectivity index (χ3n) is 2.96. The molecule has 0 bridgehead atoms. The van der Waals surface area contributed by atoms with Crippen LogP contribution in [0.1, 0.15) is 20.3 Å². The van der Waals surface area contributed by atoms with Crippen molar-refractivity contribution < 1.29 is 8.42 Å². The molecule has 2 heterocycles. The lowest BCUT2D eigenvalue weighted by molar-refractivity contribution is 0.373. The third-order valence-corrected chi connectivity index (χ3v) is 5.70. The zero-order chi connectivity index (χ0) is 12.8. The maximum absolute atomic E-state index is 12.4. The monoisotopic (exact) mass is 322 g/mol. The highest BCUT2D eigenvalue weighted by atomic mass is 79.9. The Morgan fingerprint density at radius 3 is 2.47 bits per heavy atom. The second kappa shape index (κ2) is 4.03. The number of aryl methyl sites for hydroxylation is 1. The first kappa shape index (κ1) is 13.0. The third kappa shape index (κ3) is 2.25. The second-order valence-corrected chi connectivity index (χ2v) is 7.67. The molecule has 1 aromatic heterocycles. The van der Waals surface area contributed by atoms with Gasteiger partial charge in [-0.2, -0.15) is 4.31 Å². The van der Waals surface area contributed by atoms with Crippen LogP contribution in [0.25, 0.3) is 0 Å². The second-order valence-electron chi connectivity index (χ2n) is 5.06. The summed E-state index contributed by atoms with van der Waals surface area (Å²) >= 11 is 3.13. The summed E-state index contributed by atoms with van der Waals surface area (Å²) in [7, 11) is -1.93. The Hall–Kier alpha value is -0.470. The lowest BCUT2D eigenvalue weighted by Crippen LogP contribution is -2.31. The smallest absolute Gasteiger partial charge is 0.235 e. The van der Waals surface area contributed by atoms with Gasteiger partial charge in [-0.05, 0) is 27.8 Å². The molecular weight excluding hydrogens is 308 g/mol. The van der Waals surface area contributed by atoms with E-state index in [1.165, 1.54) is 8.99 Å². The van der Waals surface area contributed by atoms with Gasteiger partial charge in [0.25, 0.3) is 10.0 Å². The van der Waals surface area contributed by atoms with Crippen molar-refractivity contribution in [2.45, 2.75) is 25.3 Å². The molecule has 0 amide bonds. The maximum Gasteiger partial charge on any atom is 0.263 e. The van der Waals surface area contributed by atoms with Crippen LogP contribution in [-0.2, 0) is 17.1 Å². The van der Waals surface area contributed by atoms with E-state index in [9.17, 15) is 8.42 Å². The van der Waals surface area contributed by atoms with E-state index in [0.29, 0.717) is 13.1 Å². The molecule has 1 aromatic rings. The van der Waals surface area contributed by atoms with Crippen LogP contribution in [-0.4, -0.2) is 40.8 Å². The molecule has 0 atom stereocenters. The molecule has 0 aliphatic carbocycles. The van der Waals surface area contributed by atoms with Crippen molar-refractivity contribution in [1.29, 1.82) is 0 Å². The molecule has 0 N–H and O–H groups in total. The predicted molar refractivity (Wildman–Crippen MR) is 65.9 cm³/mol. The van der Waals surface area contributed by atoms with E-state index < -0.39 is 10.0 Å². The number of halogens is 1. The number of sulfonamides is 1. The molecule has 6 nitrogen and oxygen atoms in total. The standard InChI is InChI=1S/C9H15BrN4O2S/c1-9(2)4-5-14(6-9)17(15,16)8-7(10)11-12-13(8)3/h4-6H2,1-3H3. The normalized spacial score (nSPS) is 20.9. The highest BCUT2D eigenvalue weighted by Crippen LogP contribution is 2.33. The Bertz CT molecular complexity index is 518. The van der Waals surface area contributed by atoms with Crippen LogP contribution in [0, 0.1) is 5.41 Å². The largest absolute Gasteiger partial charge is 0.263 e. The number of hydrogen-bond donors (Lipinski definition) is 0. The van der Waals surface area contributed by atoms with Gasteiger partial charge < -0.3 is 0 Å². The Morgan fingerprint density at radius 1 is 1.41 bits per heavy atom. The molecule has 96 valence electrons. The number of nitrogens with zero attached hydrogens (tertiary/aromatic N) is 4. The van der Waals surface area contributed by atoms with Gasteiger partial charge in [0.2, 0.25) is 5.03 Å². The van der Waals surface area contributed by atoms with Crippen molar-refractivity contribution in [2.24, 2.45) is 12.5 Å². The van der Waals surface area contributed by atoms with Crippen molar-refractivity contribution in [3.05, 3.63) is 4.60 Å². The quantitative estimate of drug-likeness (QED) is 0.814. The summed E-state index contributed by atoms with van der Waals surface area (Å²) in [6.45, 7) is 5.22. The summed E-state index contributed by atoms with van der Waals surface area (Å²) in [5.74, 6) is 0. The first-order valence-electron chi connectivity index (χ1n) is 5.29. The fraction of sp³-hybridized carbons (Fsp3) is 0.778. The van der Waals surface area contributed by atoms with Gasteiger partial charge in [0.05, 0.1) is 0 Å². The average Bonchev–Trinajstić information content (AvgIpc) is 2.70. The SMILES string of the molecule is Cn1nnc(Br)c1S(=O)(=O)N1CCC(C)(C)C1. The Balaban J connectivity index is 2.39. The molecule has 17 heavy (non-hydrogen) atoms. The topological polar surface area (TPSA) is 68.1 Å². The highest BCUT2D eigenvalue weighted by Gasteiger charge is 2.39. The van der Waals surface area contributed by atoms with E-state index in [-0.39, 0.29) is 15.0 Å². The van der Waals surface area contributed by atoms with Crippen molar-refractivity contribution in [2.75, 3.05) is 13.1 Å². The lowest BCUT2D eigenvalue weighted by atomic mass is 9.93. The van der Waals surface area contributed by atoms with Crippen LogP contribution < -0.4 is 0 Å². The number of rotatable bonds is 2. The van der Waals surface area contributed by atoms with Crippen LogP contribution in [0.5, 0.6) is 0 Å². The van der Waals surface area contributed by atoms with Gasteiger partial charge in [-0.1, -0.05) is 19.1 Å². The van der Waals surface area contributed by atoms with Gasteiger partial charge in [0.15, 0.2) is 4.60 Å². The first-order valence-corrected chi connectivity index (χ1v) is 7.53. The van der Waals surface area contributed by atoms with E-state index in [0.717, 1.165) is 6.42 Å². The molecule has 0 spiro atoms. The predicted octanol–water partition coefficient (Wildman–Crippen LogP) is 0.998. The summed E-state index contributed by atoms with van der Waals surface area (Å²) < 4.78 is 27.9. The van der Waals surface area contributed by atoms with E-state index in [1.807, 2.05) is 0 Å². The van der Waals surface area contributed by atoms with Gasteiger partial charge in [-0.15, -0.1) is 5.10 Å². The van der Waals surface area contributed by atoms with Crippen molar-refractivity contribution >= 4 is 26.0 Å². The van der Waals surface area contributed by atoms with E-state index >= 15 is 0 Å². The molecule has 1 aliphatic rings. The Kier molecular flexibility index (Phi) is 3.07. The molecule has 0 radical (unpaired) electrons. The van der Waals surface area contributed by atoms with Gasteiger partial charge in [-0.25, -0.2) is 13.1 Å². The van der Waals surface area contributed by atoms with Gasteiger partial charge >= 0.3 is 0 Å². The molecule has 1 aliphatic heterocycles. The Morgan fingerprint density at radius 2 is 2.06 bits per heavy atom. The zero-order valence-corrected chi connectivity index (χ0v) is 12.4. The van der Waals surface area contributed by atoms with Crippen LogP contribution >= 0.6 is 15.9 Å². The summed E-state index contributed by atoms with van der Waals surface area (Å²) in [5, 5.41) is 7.54. The number of hydrogen-bond acceptors (Lipinski definition) is 4. The Labute approximate surface area is 109 Å². The van der Waals surface area contributed by atoms with Crippen molar-refractivity contribution in [3.63, 3.8) is 0 Å². The number of aromatic nitrogens is 3. The molecule has 0 saturated carbocycles. The molecule has 0 unspecified atom stereocenters. The fourth-order valence-corrected chi connectivity index (χ4v) is 4.65. The molecular formula is C9H15BrN4O2S. The summed E-state index contributed by atoms with van der Waals surface area (Å²) in [4.78, 5) is 0. The lowest BCUT2D eigenvalue weighted by Gasteiger charge is -2.19. The van der Waals surface area contributed by atoms with Crippen molar-refractivity contribution in [1.82, 2.24) is 19.3 Å². The maximum atomic E-state index is 12.4. The molecule has 1 fully saturated rings. The van der Waals surface area contributed by atoms with E-state index in [1.54, 1.807) is 7.05 Å². The molecule has 0 aromatic carbocycles. The van der Waals surface area contributed by atoms with Crippen LogP contribution in [0.4, 0.5) is 0 Å². The summed E-state index contributed by atoms with van der Waals surface area (Å²) in [6, 6.07) is 0. The average molecular weight is 323 g/mol. The minimum Gasteiger partial charge on any atom is -0.235 e. The van der Waals surface area contributed by atoms with Crippen LogP contribution in [0.2, 0.25) is 0 Å². The van der Waals surface area contributed by atoms with Crippen LogP contribution in [0.15, 0.2) is 9.63 Å². The van der Waals surface area contributed by atoms with E-state index in [4.69, 9.17) is 0 Å². The highest BCUT2D eigenvalue weighted by molar-refractivity contribution is 9.10. The zero-order valence-electron chi connectivity index (χ0n) is 10.0. The molecule has 2 rings (SSSR count). The minimum atomic E-state index is -3.50. The van der Waals surface area contributed by atoms with Crippen molar-refractivity contribution in [3.8, 4) is 0 Å². The summed E-state index contributed by atoms with van der Waals surface area (Å²) in [5.41, 5.74) is 0.0333. The van der Waals surface area contributed by atoms with Gasteiger partial charge in [0, 0.05) is 20.1 Å². The van der Waals surface area contributed by atoms with Gasteiger partial charge in [0.1, 0.15) is 0 Å². The molecule has 1 saturated heterocycles. The first-order chi connectivity index (χ1) is 7.74. The minimum absolute atomic E-state index is 0.0333. The van der Waals surface area contributed by atoms with E-state index in [2.05, 4.69) is 40.1 Å². The summed E-state index contributed by atoms with van der Waals surface area (Å²) in [6.07, 6.45) is 0.870. The molecule has 8 heteroatoms. The van der Waals surface area contributed by atoms with Crippen LogP contribution in [0.3, 0.4) is 0 Å². The fourth-order valence-electron chi connectivity index (χ4n) is 1.99. The van der Waals surface area contributed by atoms with Gasteiger partial charge in [-0.3, -0.25) is 0 Å².